The van der Waals surface area contributed by atoms with Crippen molar-refractivity contribution in [2.75, 3.05) is 0 Å². The molecule has 1 saturated heterocycles. The Labute approximate surface area is 56.8 Å². The minimum absolute atomic E-state index is 0.119. The summed E-state index contributed by atoms with van der Waals surface area (Å²) < 4.78 is 0. The number of rotatable bonds is 1. The zero-order valence-corrected chi connectivity index (χ0v) is 5.15. The van der Waals surface area contributed by atoms with Gasteiger partial charge in [-0.3, -0.25) is 10.0 Å². The van der Waals surface area contributed by atoms with Gasteiger partial charge in [-0.05, 0) is 6.42 Å². The second-order valence-corrected chi connectivity index (χ2v) is 2.13. The van der Waals surface area contributed by atoms with Crippen LogP contribution in [0.2, 0.25) is 0 Å². The van der Waals surface area contributed by atoms with Crippen molar-refractivity contribution in [2.24, 2.45) is 0 Å². The van der Waals surface area contributed by atoms with Crippen LogP contribution in [0.4, 0.5) is 0 Å². The van der Waals surface area contributed by atoms with Crippen LogP contribution in [-0.4, -0.2) is 33.3 Å². The Morgan fingerprint density at radius 1 is 1.70 bits per heavy atom. The summed E-state index contributed by atoms with van der Waals surface area (Å²) in [5, 5.41) is 17.4. The average Bonchev–Trinajstić information content (AvgIpc) is 2.14. The predicted octanol–water partition coefficient (Wildman–Crippen LogP) is -0.549. The fourth-order valence-electron chi connectivity index (χ4n) is 0.899. The molecule has 1 aliphatic heterocycles. The molecule has 0 aromatic heterocycles. The van der Waals surface area contributed by atoms with E-state index in [2.05, 4.69) is 0 Å². The first kappa shape index (κ1) is 7.01. The molecule has 0 aliphatic carbocycles. The van der Waals surface area contributed by atoms with Gasteiger partial charge in [-0.15, -0.1) is 0 Å². The zero-order chi connectivity index (χ0) is 7.72. The molecule has 0 spiro atoms. The molecule has 5 nitrogen and oxygen atoms in total. The van der Waals surface area contributed by atoms with Crippen molar-refractivity contribution in [3.8, 4) is 0 Å². The maximum atomic E-state index is 10.5. The van der Waals surface area contributed by atoms with Crippen molar-refractivity contribution in [3.05, 3.63) is 0 Å². The number of nitrogens with zero attached hydrogens (tertiary/aromatic N) is 1. The van der Waals surface area contributed by atoms with E-state index in [0.717, 1.165) is 0 Å². The van der Waals surface area contributed by atoms with Crippen molar-refractivity contribution in [1.29, 1.82) is 0 Å². The Hall–Kier alpha value is -1.10. The first-order valence-corrected chi connectivity index (χ1v) is 2.86. The number of hydrogen-bond acceptors (Lipinski definition) is 3. The number of carboxylic acid groups (broad SMARTS) is 1. The Kier molecular flexibility index (Phi) is 1.58. The number of amides is 1. The molecule has 2 N–H and O–H groups in total. The van der Waals surface area contributed by atoms with Crippen molar-refractivity contribution in [3.63, 3.8) is 0 Å². The van der Waals surface area contributed by atoms with Crippen molar-refractivity contribution in [1.82, 2.24) is 5.06 Å². The summed E-state index contributed by atoms with van der Waals surface area (Å²) in [4.78, 5) is 20.7. The molecule has 0 aromatic rings. The second kappa shape index (κ2) is 2.26. The third-order valence-corrected chi connectivity index (χ3v) is 1.47. The Balaban J connectivity index is 2.66. The zero-order valence-electron chi connectivity index (χ0n) is 5.15. The van der Waals surface area contributed by atoms with Gasteiger partial charge in [0.05, 0.1) is 0 Å². The number of carboxylic acids is 1. The quantitative estimate of drug-likeness (QED) is 0.485. The molecule has 0 saturated carbocycles. The topological polar surface area (TPSA) is 77.8 Å². The van der Waals surface area contributed by atoms with Gasteiger partial charge in [0.1, 0.15) is 0 Å². The van der Waals surface area contributed by atoms with Gasteiger partial charge >= 0.3 is 5.97 Å². The first-order valence-electron chi connectivity index (χ1n) is 2.86. The fourth-order valence-corrected chi connectivity index (χ4v) is 0.899. The van der Waals surface area contributed by atoms with Crippen LogP contribution < -0.4 is 0 Å². The molecule has 56 valence electrons. The first-order chi connectivity index (χ1) is 4.63. The molecular weight excluding hydrogens is 138 g/mol. The molecule has 1 amide bonds. The van der Waals surface area contributed by atoms with Gasteiger partial charge in [0.2, 0.25) is 5.91 Å². The van der Waals surface area contributed by atoms with Gasteiger partial charge in [-0.25, -0.2) is 9.86 Å². The lowest BCUT2D eigenvalue weighted by atomic mass is 10.2. The number of carbonyl (C=O) groups is 2. The summed E-state index contributed by atoms with van der Waals surface area (Å²) in [6.45, 7) is 0. The summed E-state index contributed by atoms with van der Waals surface area (Å²) in [5.41, 5.74) is 0. The van der Waals surface area contributed by atoms with E-state index in [1.807, 2.05) is 0 Å². The molecule has 5 heteroatoms. The second-order valence-electron chi connectivity index (χ2n) is 2.13. The van der Waals surface area contributed by atoms with E-state index in [-0.39, 0.29) is 17.9 Å². The smallest absolute Gasteiger partial charge is 0.329 e. The molecule has 1 atom stereocenters. The average molecular weight is 145 g/mol. The van der Waals surface area contributed by atoms with Crippen LogP contribution >= 0.6 is 0 Å². The highest BCUT2D eigenvalue weighted by atomic mass is 16.5. The lowest BCUT2D eigenvalue weighted by molar-refractivity contribution is -0.176. The Bertz CT molecular complexity index is 178. The monoisotopic (exact) mass is 145 g/mol. The maximum Gasteiger partial charge on any atom is 0.329 e. The van der Waals surface area contributed by atoms with Gasteiger partial charge in [-0.2, -0.15) is 0 Å². The highest BCUT2D eigenvalue weighted by Gasteiger charge is 2.34. The summed E-state index contributed by atoms with van der Waals surface area (Å²) in [5.74, 6) is -1.68. The molecule has 1 fully saturated rings. The molecular formula is C5H7NO4. The lowest BCUT2D eigenvalue weighted by Crippen LogP contribution is -2.35. The summed E-state index contributed by atoms with van der Waals surface area (Å²) in [7, 11) is 0. The van der Waals surface area contributed by atoms with E-state index in [1.54, 1.807) is 0 Å². The van der Waals surface area contributed by atoms with Gasteiger partial charge in [-0.1, -0.05) is 0 Å². The van der Waals surface area contributed by atoms with Crippen LogP contribution in [0, 0.1) is 0 Å². The predicted molar refractivity (Wildman–Crippen MR) is 29.3 cm³/mol. The highest BCUT2D eigenvalue weighted by Crippen LogP contribution is 2.15. The van der Waals surface area contributed by atoms with E-state index in [9.17, 15) is 9.59 Å². The van der Waals surface area contributed by atoms with E-state index >= 15 is 0 Å². The van der Waals surface area contributed by atoms with Crippen molar-refractivity contribution < 1.29 is 19.9 Å². The lowest BCUT2D eigenvalue weighted by Gasteiger charge is -2.11. The normalized spacial score (nSPS) is 25.5. The van der Waals surface area contributed by atoms with Crippen LogP contribution in [0.3, 0.4) is 0 Å². The van der Waals surface area contributed by atoms with Gasteiger partial charge in [0.15, 0.2) is 6.04 Å². The van der Waals surface area contributed by atoms with Crippen LogP contribution in [-0.2, 0) is 9.59 Å². The van der Waals surface area contributed by atoms with E-state index < -0.39 is 17.9 Å². The van der Waals surface area contributed by atoms with E-state index in [0.29, 0.717) is 0 Å². The van der Waals surface area contributed by atoms with Gasteiger partial charge in [0, 0.05) is 6.42 Å². The van der Waals surface area contributed by atoms with E-state index in [4.69, 9.17) is 10.3 Å². The third kappa shape index (κ3) is 0.950. The number of carbonyl (C=O) groups excluding carboxylic acids is 1. The number of hydrogen-bond donors (Lipinski definition) is 2. The minimum atomic E-state index is -1.16. The molecule has 0 unspecified atom stereocenters. The largest absolute Gasteiger partial charge is 0.480 e. The Morgan fingerprint density at radius 3 is 2.50 bits per heavy atom. The van der Waals surface area contributed by atoms with Crippen molar-refractivity contribution >= 4 is 11.9 Å². The molecule has 1 aliphatic rings. The standard InChI is InChI=1S/C5H7NO4/c7-4-2-1-3(5(8)9)6(4)10/h3,10H,1-2H2,(H,8,9)/t3-/m0/s1. The molecule has 10 heavy (non-hydrogen) atoms. The SMILES string of the molecule is O=C(O)[C@@H]1CCC(=O)N1O. The molecule has 1 heterocycles. The van der Waals surface area contributed by atoms with Crippen LogP contribution in [0.15, 0.2) is 0 Å². The molecule has 1 rings (SSSR count). The molecule has 0 radical (unpaired) electrons. The van der Waals surface area contributed by atoms with Gasteiger partial charge in [0.25, 0.3) is 0 Å². The van der Waals surface area contributed by atoms with Gasteiger partial charge < -0.3 is 5.11 Å². The van der Waals surface area contributed by atoms with Crippen LogP contribution in [0.25, 0.3) is 0 Å². The maximum absolute atomic E-state index is 10.5. The number of aliphatic carboxylic acids is 1. The highest BCUT2D eigenvalue weighted by molar-refractivity contribution is 5.86. The number of hydroxylamine groups is 2. The van der Waals surface area contributed by atoms with Crippen molar-refractivity contribution in [2.45, 2.75) is 18.9 Å². The summed E-state index contributed by atoms with van der Waals surface area (Å²) in [6.07, 6.45) is 0.318. The summed E-state index contributed by atoms with van der Waals surface area (Å²) >= 11 is 0. The third-order valence-electron chi connectivity index (χ3n) is 1.47. The molecule has 0 aromatic carbocycles. The van der Waals surface area contributed by atoms with Crippen LogP contribution in [0.1, 0.15) is 12.8 Å². The molecule has 0 bridgehead atoms. The minimum Gasteiger partial charge on any atom is -0.480 e. The fraction of sp³-hybridized carbons (Fsp3) is 0.600. The van der Waals surface area contributed by atoms with Crippen LogP contribution in [0.5, 0.6) is 0 Å². The summed E-state index contributed by atoms with van der Waals surface area (Å²) in [6, 6.07) is -1.03. The Morgan fingerprint density at radius 2 is 2.30 bits per heavy atom. The van der Waals surface area contributed by atoms with E-state index in [1.165, 1.54) is 0 Å².